The molecule has 0 fully saturated rings. The van der Waals surface area contributed by atoms with Gasteiger partial charge in [0.25, 0.3) is 11.8 Å². The number of carbonyl (C=O) groups is 2. The summed E-state index contributed by atoms with van der Waals surface area (Å²) in [5.74, 6) is -1.00. The van der Waals surface area contributed by atoms with E-state index in [1.165, 1.54) is 36.4 Å². The Balaban J connectivity index is 1.52. The van der Waals surface area contributed by atoms with Crippen molar-refractivity contribution in [3.8, 4) is 5.69 Å². The molecule has 1 heterocycles. The van der Waals surface area contributed by atoms with Gasteiger partial charge in [0.05, 0.1) is 11.0 Å². The van der Waals surface area contributed by atoms with Crippen molar-refractivity contribution in [1.82, 2.24) is 14.9 Å². The molecule has 0 aliphatic rings. The van der Waals surface area contributed by atoms with Gasteiger partial charge >= 0.3 is 6.18 Å². The minimum Gasteiger partial charge on any atom is -0.343 e. The minimum atomic E-state index is -4.50. The molecule has 0 radical (unpaired) electrons. The van der Waals surface area contributed by atoms with Crippen molar-refractivity contribution >= 4 is 28.5 Å². The number of imidazole rings is 1. The number of hydrogen-bond acceptors (Lipinski definition) is 3. The van der Waals surface area contributed by atoms with Gasteiger partial charge in [-0.3, -0.25) is 14.2 Å². The number of nitrogens with one attached hydrogen (secondary N) is 2. The largest absolute Gasteiger partial charge is 0.405 e. The normalized spacial score (nSPS) is 11.4. The third kappa shape index (κ3) is 5.06. The summed E-state index contributed by atoms with van der Waals surface area (Å²) >= 11 is 0. The molecule has 174 valence electrons. The van der Waals surface area contributed by atoms with Crippen molar-refractivity contribution in [1.29, 1.82) is 0 Å². The van der Waals surface area contributed by atoms with Gasteiger partial charge < -0.3 is 10.6 Å². The number of aromatic nitrogens is 2. The van der Waals surface area contributed by atoms with Crippen molar-refractivity contribution in [3.63, 3.8) is 0 Å². The monoisotopic (exact) mass is 470 g/mol. The van der Waals surface area contributed by atoms with Crippen LogP contribution in [0.15, 0.2) is 66.7 Å². The van der Waals surface area contributed by atoms with Crippen LogP contribution in [-0.2, 0) is 0 Å². The molecule has 2 N–H and O–H groups in total. The van der Waals surface area contributed by atoms with Crippen LogP contribution in [0.4, 0.5) is 23.2 Å². The van der Waals surface area contributed by atoms with Crippen molar-refractivity contribution in [2.24, 2.45) is 0 Å². The van der Waals surface area contributed by atoms with E-state index in [9.17, 15) is 27.2 Å². The standard InChI is InChI=1S/C24H18F4N4O2/c1-14-30-20-11-4-16(12-21(20)32(14)19-9-5-17(25)6-10-19)23(34)31-18-7-2-15(3-8-18)22(33)29-13-24(26,27)28/h2-12H,13H2,1H3,(H,29,33)(H,31,34). The molecule has 10 heteroatoms. The average Bonchev–Trinajstić information content (AvgIpc) is 3.13. The molecule has 0 atom stereocenters. The van der Waals surface area contributed by atoms with E-state index in [0.29, 0.717) is 33.8 Å². The van der Waals surface area contributed by atoms with Crippen LogP contribution in [0.25, 0.3) is 16.7 Å². The van der Waals surface area contributed by atoms with Gasteiger partial charge in [-0.25, -0.2) is 9.37 Å². The molecule has 0 saturated carbocycles. The topological polar surface area (TPSA) is 76.0 Å². The summed E-state index contributed by atoms with van der Waals surface area (Å²) in [5.41, 5.74) is 2.74. The first-order chi connectivity index (χ1) is 16.1. The molecule has 0 unspecified atom stereocenters. The zero-order chi connectivity index (χ0) is 24.5. The number of fused-ring (bicyclic) bond motifs is 1. The summed E-state index contributed by atoms with van der Waals surface area (Å²) in [7, 11) is 0. The predicted molar refractivity (Wildman–Crippen MR) is 119 cm³/mol. The number of aryl methyl sites for hydroxylation is 1. The second kappa shape index (κ2) is 8.97. The number of alkyl halides is 3. The van der Waals surface area contributed by atoms with E-state index in [1.807, 2.05) is 0 Å². The Labute approximate surface area is 191 Å². The lowest BCUT2D eigenvalue weighted by molar-refractivity contribution is -0.123. The lowest BCUT2D eigenvalue weighted by atomic mass is 10.1. The number of amides is 2. The fourth-order valence-electron chi connectivity index (χ4n) is 3.44. The first kappa shape index (κ1) is 23.0. The summed E-state index contributed by atoms with van der Waals surface area (Å²) < 4.78 is 51.9. The highest BCUT2D eigenvalue weighted by Gasteiger charge is 2.27. The Morgan fingerprint density at radius 3 is 2.21 bits per heavy atom. The molecule has 0 aliphatic carbocycles. The molecule has 2 amide bonds. The van der Waals surface area contributed by atoms with Crippen LogP contribution in [0.3, 0.4) is 0 Å². The van der Waals surface area contributed by atoms with Crippen LogP contribution in [-0.4, -0.2) is 34.1 Å². The van der Waals surface area contributed by atoms with Gasteiger partial charge in [-0.15, -0.1) is 0 Å². The molecule has 0 aliphatic heterocycles. The van der Waals surface area contributed by atoms with Gasteiger partial charge in [-0.05, 0) is 73.7 Å². The fraction of sp³-hybridized carbons (Fsp3) is 0.125. The molecular formula is C24H18F4N4O2. The number of benzene rings is 3. The lowest BCUT2D eigenvalue weighted by Crippen LogP contribution is -2.33. The van der Waals surface area contributed by atoms with Gasteiger partial charge in [0.2, 0.25) is 0 Å². The molecule has 34 heavy (non-hydrogen) atoms. The Bertz CT molecular complexity index is 1360. The maximum atomic E-state index is 13.3. The summed E-state index contributed by atoms with van der Waals surface area (Å²) in [6.07, 6.45) is -4.50. The van der Waals surface area contributed by atoms with Crippen molar-refractivity contribution in [3.05, 3.63) is 89.5 Å². The summed E-state index contributed by atoms with van der Waals surface area (Å²) in [6.45, 7) is 0.371. The van der Waals surface area contributed by atoms with Crippen molar-refractivity contribution in [2.75, 3.05) is 11.9 Å². The first-order valence-electron chi connectivity index (χ1n) is 10.1. The molecular weight excluding hydrogens is 452 g/mol. The van der Waals surface area contributed by atoms with E-state index in [2.05, 4.69) is 10.3 Å². The summed E-state index contributed by atoms with van der Waals surface area (Å²) in [6, 6.07) is 16.3. The molecule has 1 aromatic heterocycles. The second-order valence-electron chi connectivity index (χ2n) is 7.50. The number of rotatable bonds is 5. The summed E-state index contributed by atoms with van der Waals surface area (Å²) in [4.78, 5) is 29.1. The van der Waals surface area contributed by atoms with Crippen LogP contribution in [0.1, 0.15) is 26.5 Å². The molecule has 0 saturated heterocycles. The van der Waals surface area contributed by atoms with E-state index in [4.69, 9.17) is 0 Å². The molecule has 6 nitrogen and oxygen atoms in total. The van der Waals surface area contributed by atoms with Crippen LogP contribution in [0.5, 0.6) is 0 Å². The predicted octanol–water partition coefficient (Wildman–Crippen LogP) is 5.02. The van der Waals surface area contributed by atoms with Crippen LogP contribution >= 0.6 is 0 Å². The van der Waals surface area contributed by atoms with Gasteiger partial charge in [0, 0.05) is 22.5 Å². The van der Waals surface area contributed by atoms with Gasteiger partial charge in [0.1, 0.15) is 18.2 Å². The smallest absolute Gasteiger partial charge is 0.343 e. The third-order valence-corrected chi connectivity index (χ3v) is 5.02. The molecule has 0 bridgehead atoms. The highest BCUT2D eigenvalue weighted by atomic mass is 19.4. The number of halogens is 4. The van der Waals surface area contributed by atoms with Crippen LogP contribution < -0.4 is 10.6 Å². The molecule has 4 rings (SSSR count). The average molecular weight is 470 g/mol. The summed E-state index contributed by atoms with van der Waals surface area (Å²) in [5, 5.41) is 4.47. The van der Waals surface area contributed by atoms with Gasteiger partial charge in [0.15, 0.2) is 0 Å². The highest BCUT2D eigenvalue weighted by molar-refractivity contribution is 6.06. The van der Waals surface area contributed by atoms with Gasteiger partial charge in [-0.1, -0.05) is 0 Å². The quantitative estimate of drug-likeness (QED) is 0.403. The number of hydrogen-bond donors (Lipinski definition) is 2. The van der Waals surface area contributed by atoms with E-state index in [0.717, 1.165) is 0 Å². The Morgan fingerprint density at radius 1 is 0.912 bits per heavy atom. The van der Waals surface area contributed by atoms with E-state index < -0.39 is 24.5 Å². The van der Waals surface area contributed by atoms with Crippen molar-refractivity contribution < 1.29 is 27.2 Å². The van der Waals surface area contributed by atoms with Crippen LogP contribution in [0, 0.1) is 12.7 Å². The van der Waals surface area contributed by atoms with Gasteiger partial charge in [-0.2, -0.15) is 13.2 Å². The van der Waals surface area contributed by atoms with Crippen LogP contribution in [0.2, 0.25) is 0 Å². The second-order valence-corrected chi connectivity index (χ2v) is 7.50. The third-order valence-electron chi connectivity index (χ3n) is 5.02. The Morgan fingerprint density at radius 2 is 1.56 bits per heavy atom. The zero-order valence-corrected chi connectivity index (χ0v) is 17.8. The number of nitrogens with zero attached hydrogens (tertiary/aromatic N) is 2. The van der Waals surface area contributed by atoms with E-state index in [-0.39, 0.29) is 11.4 Å². The number of anilines is 1. The molecule has 4 aromatic rings. The number of carbonyl (C=O) groups excluding carboxylic acids is 2. The zero-order valence-electron chi connectivity index (χ0n) is 17.8. The minimum absolute atomic E-state index is 0.0299. The Hall–Kier alpha value is -4.21. The SMILES string of the molecule is Cc1nc2ccc(C(=O)Nc3ccc(C(=O)NCC(F)(F)F)cc3)cc2n1-c1ccc(F)cc1. The maximum Gasteiger partial charge on any atom is 0.405 e. The molecule has 3 aromatic carbocycles. The fourth-order valence-corrected chi connectivity index (χ4v) is 3.44. The van der Waals surface area contributed by atoms with E-state index in [1.54, 1.807) is 47.1 Å². The first-order valence-corrected chi connectivity index (χ1v) is 10.1. The van der Waals surface area contributed by atoms with Crippen molar-refractivity contribution in [2.45, 2.75) is 13.1 Å². The highest BCUT2D eigenvalue weighted by Crippen LogP contribution is 2.23. The van der Waals surface area contributed by atoms with E-state index >= 15 is 0 Å². The Kier molecular flexibility index (Phi) is 6.06. The lowest BCUT2D eigenvalue weighted by Gasteiger charge is -2.10. The molecule has 0 spiro atoms. The maximum absolute atomic E-state index is 13.3.